The molecule has 2 amide bonds. The van der Waals surface area contributed by atoms with Crippen molar-refractivity contribution in [2.45, 2.75) is 58.0 Å². The van der Waals surface area contributed by atoms with Gasteiger partial charge in [0.15, 0.2) is 5.82 Å². The van der Waals surface area contributed by atoms with E-state index in [1.54, 1.807) is 51.1 Å². The first-order valence-electron chi connectivity index (χ1n) is 11.9. The average Bonchev–Trinajstić information content (AvgIpc) is 2.82. The van der Waals surface area contributed by atoms with Crippen molar-refractivity contribution in [3.63, 3.8) is 0 Å². The Bertz CT molecular complexity index is 1200. The predicted octanol–water partition coefficient (Wildman–Crippen LogP) is 4.97. The summed E-state index contributed by atoms with van der Waals surface area (Å²) in [7, 11) is 0. The van der Waals surface area contributed by atoms with Crippen LogP contribution in [-0.4, -0.2) is 59.2 Å². The molecule has 0 radical (unpaired) electrons. The molecule has 0 aliphatic rings. The van der Waals surface area contributed by atoms with Crippen molar-refractivity contribution in [3.05, 3.63) is 57.8 Å². The molecule has 0 aliphatic heterocycles. The van der Waals surface area contributed by atoms with E-state index < -0.39 is 66.2 Å². The molecule has 0 aromatic heterocycles. The molecular formula is C26H29BrF4N2O7. The van der Waals surface area contributed by atoms with Gasteiger partial charge in [0.25, 0.3) is 0 Å². The number of benzene rings is 2. The fourth-order valence-electron chi connectivity index (χ4n) is 3.55. The molecule has 9 nitrogen and oxygen atoms in total. The second kappa shape index (κ2) is 13.8. The summed E-state index contributed by atoms with van der Waals surface area (Å²) in [5.41, 5.74) is -1.66. The van der Waals surface area contributed by atoms with Crippen molar-refractivity contribution in [1.29, 1.82) is 0 Å². The average molecular weight is 637 g/mol. The van der Waals surface area contributed by atoms with Crippen molar-refractivity contribution < 1.29 is 51.6 Å². The third-order valence-electron chi connectivity index (χ3n) is 5.19. The van der Waals surface area contributed by atoms with E-state index in [1.165, 1.54) is 0 Å². The summed E-state index contributed by atoms with van der Waals surface area (Å²) in [4.78, 5) is 35.8. The molecule has 3 N–H and O–H groups in total. The predicted molar refractivity (Wildman–Crippen MR) is 139 cm³/mol. The first-order chi connectivity index (χ1) is 18.5. The number of carboxylic acids is 1. The molecular weight excluding hydrogens is 608 g/mol. The molecule has 0 bridgehead atoms. The van der Waals surface area contributed by atoms with Crippen LogP contribution in [0.1, 0.15) is 38.3 Å². The van der Waals surface area contributed by atoms with Crippen LogP contribution in [0.25, 0.3) is 0 Å². The Morgan fingerprint density at radius 3 is 2.27 bits per heavy atom. The maximum atomic E-state index is 16.1. The highest BCUT2D eigenvalue weighted by molar-refractivity contribution is 9.10. The summed E-state index contributed by atoms with van der Waals surface area (Å²) in [5, 5.41) is 21.2. The van der Waals surface area contributed by atoms with Gasteiger partial charge in [0.2, 0.25) is 0 Å². The van der Waals surface area contributed by atoms with Gasteiger partial charge in [0.1, 0.15) is 30.2 Å². The standard InChI is InChI=1S/C26H29BrF4N2O7/c1-25(2,3)40-24(38)32-16(9-10-34)11-17-18(27)12-19(39-14-15-7-5-4-6-8-15)22(21(17)28)33(13-20(35)36)23(37)26(29,30)31/h4-8,12,16,34H,9-11,13-14H2,1-3H3,(H,32,38)(H,35,36)/t16-/m1/s1. The SMILES string of the molecule is CC(C)(C)OC(=O)N[C@H](CCO)Cc1c(Br)cc(OCc2ccccc2)c(N(CC(=O)O)C(=O)C(F)(F)F)c1F. The highest BCUT2D eigenvalue weighted by Gasteiger charge is 2.45. The second-order valence-corrected chi connectivity index (χ2v) is 10.5. The molecule has 0 spiro atoms. The van der Waals surface area contributed by atoms with Gasteiger partial charge in [0, 0.05) is 22.7 Å². The van der Waals surface area contributed by atoms with E-state index in [0.29, 0.717) is 5.56 Å². The van der Waals surface area contributed by atoms with Gasteiger partial charge in [-0.3, -0.25) is 14.5 Å². The monoisotopic (exact) mass is 636 g/mol. The molecule has 0 saturated heterocycles. The highest BCUT2D eigenvalue weighted by Crippen LogP contribution is 2.40. The van der Waals surface area contributed by atoms with E-state index in [-0.39, 0.29) is 34.4 Å². The molecule has 0 heterocycles. The van der Waals surface area contributed by atoms with Gasteiger partial charge in [-0.2, -0.15) is 13.2 Å². The number of halogens is 5. The maximum absolute atomic E-state index is 16.1. The number of carbonyl (C=O) groups excluding carboxylic acids is 2. The quantitative estimate of drug-likeness (QED) is 0.298. The fourth-order valence-corrected chi connectivity index (χ4v) is 4.10. The molecule has 2 rings (SSSR count). The number of alkyl carbamates (subject to hydrolysis) is 1. The summed E-state index contributed by atoms with van der Waals surface area (Å²) in [6.45, 7) is 2.63. The Balaban J connectivity index is 2.62. The van der Waals surface area contributed by atoms with E-state index in [4.69, 9.17) is 9.47 Å². The van der Waals surface area contributed by atoms with Crippen molar-refractivity contribution >= 4 is 39.6 Å². The fraction of sp³-hybridized carbons (Fsp3) is 0.423. The number of hydrogen-bond donors (Lipinski definition) is 3. The lowest BCUT2D eigenvalue weighted by atomic mass is 10.0. The zero-order valence-corrected chi connectivity index (χ0v) is 23.4. The van der Waals surface area contributed by atoms with Crippen molar-refractivity contribution in [2.24, 2.45) is 0 Å². The van der Waals surface area contributed by atoms with Crippen LogP contribution in [0.3, 0.4) is 0 Å². The van der Waals surface area contributed by atoms with Gasteiger partial charge < -0.3 is 25.0 Å². The minimum Gasteiger partial charge on any atom is -0.487 e. The lowest BCUT2D eigenvalue weighted by Crippen LogP contribution is -2.45. The normalized spacial score (nSPS) is 12.4. The number of carbonyl (C=O) groups is 3. The number of amides is 2. The number of ether oxygens (including phenoxy) is 2. The molecule has 14 heteroatoms. The van der Waals surface area contributed by atoms with E-state index >= 15 is 4.39 Å². The molecule has 1 atom stereocenters. The number of nitrogens with one attached hydrogen (secondary N) is 1. The number of rotatable bonds is 11. The molecule has 0 saturated carbocycles. The Kier molecular flexibility index (Phi) is 11.3. The maximum Gasteiger partial charge on any atom is 0.471 e. The second-order valence-electron chi connectivity index (χ2n) is 9.61. The number of carboxylic acid groups (broad SMARTS) is 1. The van der Waals surface area contributed by atoms with Crippen LogP contribution in [0.15, 0.2) is 40.9 Å². The van der Waals surface area contributed by atoms with E-state index in [1.807, 2.05) is 0 Å². The van der Waals surface area contributed by atoms with Crippen molar-refractivity contribution in [2.75, 3.05) is 18.1 Å². The molecule has 0 unspecified atom stereocenters. The van der Waals surface area contributed by atoms with Crippen LogP contribution in [0, 0.1) is 5.82 Å². The lowest BCUT2D eigenvalue weighted by Gasteiger charge is -2.28. The van der Waals surface area contributed by atoms with Gasteiger partial charge >= 0.3 is 24.1 Å². The van der Waals surface area contributed by atoms with Gasteiger partial charge in [-0.15, -0.1) is 0 Å². The topological polar surface area (TPSA) is 125 Å². The number of anilines is 1. The third kappa shape index (κ3) is 9.66. The number of aliphatic hydroxyl groups is 1. The summed E-state index contributed by atoms with van der Waals surface area (Å²) in [6, 6.07) is 8.47. The smallest absolute Gasteiger partial charge is 0.471 e. The number of alkyl halides is 3. The Labute approximate surface area is 236 Å². The zero-order valence-electron chi connectivity index (χ0n) is 21.8. The van der Waals surface area contributed by atoms with E-state index in [0.717, 1.165) is 6.07 Å². The van der Waals surface area contributed by atoms with Crippen LogP contribution in [0.2, 0.25) is 0 Å². The van der Waals surface area contributed by atoms with Crippen molar-refractivity contribution in [1.82, 2.24) is 5.32 Å². The van der Waals surface area contributed by atoms with Gasteiger partial charge in [-0.05, 0) is 45.2 Å². The molecule has 0 aliphatic carbocycles. The lowest BCUT2D eigenvalue weighted by molar-refractivity contribution is -0.171. The third-order valence-corrected chi connectivity index (χ3v) is 5.90. The first kappa shape index (κ1) is 32.8. The van der Waals surface area contributed by atoms with Crippen LogP contribution in [0.5, 0.6) is 5.75 Å². The first-order valence-corrected chi connectivity index (χ1v) is 12.7. The van der Waals surface area contributed by atoms with E-state index in [9.17, 15) is 37.8 Å². The zero-order chi connectivity index (χ0) is 30.3. The number of nitrogens with zero attached hydrogens (tertiary/aromatic N) is 1. The largest absolute Gasteiger partial charge is 0.487 e. The highest BCUT2D eigenvalue weighted by atomic mass is 79.9. The molecule has 2 aromatic rings. The van der Waals surface area contributed by atoms with Gasteiger partial charge in [-0.1, -0.05) is 46.3 Å². The van der Waals surface area contributed by atoms with Crippen molar-refractivity contribution in [3.8, 4) is 5.75 Å². The summed E-state index contributed by atoms with van der Waals surface area (Å²) < 4.78 is 67.3. The molecule has 40 heavy (non-hydrogen) atoms. The van der Waals surface area contributed by atoms with Gasteiger partial charge in [-0.25, -0.2) is 9.18 Å². The molecule has 220 valence electrons. The van der Waals surface area contributed by atoms with Crippen LogP contribution in [0.4, 0.5) is 28.0 Å². The Morgan fingerprint density at radius 1 is 1.12 bits per heavy atom. The Hall–Kier alpha value is -3.39. The molecule has 0 fully saturated rings. The molecule has 2 aromatic carbocycles. The van der Waals surface area contributed by atoms with Crippen LogP contribution in [-0.2, 0) is 27.4 Å². The summed E-state index contributed by atoms with van der Waals surface area (Å²) in [6.07, 6.45) is -6.89. The minimum atomic E-state index is -5.54. The number of aliphatic carboxylic acids is 1. The Morgan fingerprint density at radius 2 is 1.75 bits per heavy atom. The summed E-state index contributed by atoms with van der Waals surface area (Å²) >= 11 is 3.16. The van der Waals surface area contributed by atoms with Crippen LogP contribution >= 0.6 is 15.9 Å². The number of aliphatic hydroxyl groups excluding tert-OH is 1. The van der Waals surface area contributed by atoms with Gasteiger partial charge in [0.05, 0.1) is 0 Å². The minimum absolute atomic E-state index is 0.000438. The van der Waals surface area contributed by atoms with E-state index in [2.05, 4.69) is 21.2 Å². The van der Waals surface area contributed by atoms with Crippen LogP contribution < -0.4 is 15.0 Å². The summed E-state index contributed by atoms with van der Waals surface area (Å²) in [5.74, 6) is -6.37. The number of hydrogen-bond acceptors (Lipinski definition) is 6.